The maximum Gasteiger partial charge on any atom is 0.356 e. The van der Waals surface area contributed by atoms with Crippen molar-refractivity contribution in [1.29, 1.82) is 0 Å². The van der Waals surface area contributed by atoms with Crippen molar-refractivity contribution in [3.8, 4) is 0 Å². The van der Waals surface area contributed by atoms with Gasteiger partial charge in [-0.1, -0.05) is 0 Å². The van der Waals surface area contributed by atoms with E-state index in [0.29, 0.717) is 18.7 Å². The van der Waals surface area contributed by atoms with Gasteiger partial charge in [0.05, 0.1) is 11.6 Å². The van der Waals surface area contributed by atoms with E-state index < -0.39 is 17.9 Å². The number of aromatic nitrogens is 2. The summed E-state index contributed by atoms with van der Waals surface area (Å²) >= 11 is 1.84. The summed E-state index contributed by atoms with van der Waals surface area (Å²) in [6, 6.07) is 0. The van der Waals surface area contributed by atoms with Crippen molar-refractivity contribution < 1.29 is 19.8 Å². The number of carboxylic acid groups (broad SMARTS) is 2. The maximum absolute atomic E-state index is 11.4. The Morgan fingerprint density at radius 1 is 1.30 bits per heavy atom. The first-order valence-electron chi connectivity index (χ1n) is 6.73. The largest absolute Gasteiger partial charge is 0.481 e. The van der Waals surface area contributed by atoms with Crippen LogP contribution in [0.5, 0.6) is 0 Å². The number of fused-ring (bicyclic) bond motifs is 1. The fourth-order valence-electron chi connectivity index (χ4n) is 3.11. The van der Waals surface area contributed by atoms with Gasteiger partial charge < -0.3 is 14.8 Å². The summed E-state index contributed by atoms with van der Waals surface area (Å²) in [6.07, 6.45) is 2.23. The minimum absolute atomic E-state index is 0.0657. The fraction of sp³-hybridized carbons (Fsp3) is 0.615. The standard InChI is InChI=1S/C13H16N2O4S/c16-12(17)8-2-1-4-15-10(8)9(13(18)19)14-11(15)7-3-5-20-6-7/h7-8H,1-6H2,(H,16,17)(H,18,19). The molecule has 0 aliphatic carbocycles. The minimum Gasteiger partial charge on any atom is -0.481 e. The molecule has 108 valence electrons. The van der Waals surface area contributed by atoms with E-state index in [1.165, 1.54) is 0 Å². The summed E-state index contributed by atoms with van der Waals surface area (Å²) in [6.45, 7) is 0.676. The number of nitrogens with zero attached hydrogens (tertiary/aromatic N) is 2. The van der Waals surface area contributed by atoms with E-state index in [2.05, 4.69) is 4.98 Å². The molecule has 0 aromatic carbocycles. The van der Waals surface area contributed by atoms with E-state index >= 15 is 0 Å². The second-order valence-electron chi connectivity index (χ2n) is 5.25. The molecule has 7 heteroatoms. The topological polar surface area (TPSA) is 92.4 Å². The van der Waals surface area contributed by atoms with E-state index in [-0.39, 0.29) is 11.6 Å². The molecule has 0 amide bonds. The molecule has 0 radical (unpaired) electrons. The van der Waals surface area contributed by atoms with E-state index in [9.17, 15) is 19.8 Å². The Hall–Kier alpha value is -1.50. The summed E-state index contributed by atoms with van der Waals surface area (Å²) in [7, 11) is 0. The van der Waals surface area contributed by atoms with Crippen LogP contribution < -0.4 is 0 Å². The Kier molecular flexibility index (Phi) is 3.45. The van der Waals surface area contributed by atoms with Crippen LogP contribution >= 0.6 is 11.8 Å². The third kappa shape index (κ3) is 2.09. The van der Waals surface area contributed by atoms with Crippen molar-refractivity contribution >= 4 is 23.7 Å². The van der Waals surface area contributed by atoms with Gasteiger partial charge in [-0.05, 0) is 25.0 Å². The number of aliphatic carboxylic acids is 1. The summed E-state index contributed by atoms with van der Waals surface area (Å²) in [5.74, 6) is 0.183. The van der Waals surface area contributed by atoms with Gasteiger partial charge in [0, 0.05) is 18.2 Å². The third-order valence-electron chi connectivity index (χ3n) is 4.04. The molecule has 20 heavy (non-hydrogen) atoms. The highest BCUT2D eigenvalue weighted by Gasteiger charge is 2.36. The van der Waals surface area contributed by atoms with Crippen LogP contribution in [0.15, 0.2) is 0 Å². The normalized spacial score (nSPS) is 25.4. The Bertz CT molecular complexity index is 563. The zero-order valence-corrected chi connectivity index (χ0v) is 11.7. The molecule has 1 aromatic heterocycles. The van der Waals surface area contributed by atoms with E-state index in [0.717, 1.165) is 30.2 Å². The van der Waals surface area contributed by atoms with Gasteiger partial charge in [0.2, 0.25) is 0 Å². The van der Waals surface area contributed by atoms with Gasteiger partial charge in [0.25, 0.3) is 0 Å². The smallest absolute Gasteiger partial charge is 0.356 e. The molecule has 2 aliphatic rings. The molecule has 3 heterocycles. The number of carboxylic acids is 2. The van der Waals surface area contributed by atoms with Gasteiger partial charge in [-0.2, -0.15) is 11.8 Å². The number of thioether (sulfide) groups is 1. The van der Waals surface area contributed by atoms with Gasteiger partial charge in [-0.25, -0.2) is 9.78 Å². The first kappa shape index (κ1) is 13.5. The first-order chi connectivity index (χ1) is 9.59. The number of hydrogen-bond donors (Lipinski definition) is 2. The molecule has 3 rings (SSSR count). The SMILES string of the molecule is O=C(O)c1nc(C2CCSC2)n2c1C(C(=O)O)CCC2. The maximum atomic E-state index is 11.4. The first-order valence-corrected chi connectivity index (χ1v) is 7.89. The van der Waals surface area contributed by atoms with E-state index in [4.69, 9.17) is 0 Å². The van der Waals surface area contributed by atoms with E-state index in [1.54, 1.807) is 0 Å². The highest BCUT2D eigenvalue weighted by molar-refractivity contribution is 7.99. The van der Waals surface area contributed by atoms with Crippen LogP contribution in [0.1, 0.15) is 53.1 Å². The van der Waals surface area contributed by atoms with Gasteiger partial charge in [-0.15, -0.1) is 0 Å². The molecule has 2 N–H and O–H groups in total. The zero-order chi connectivity index (χ0) is 14.3. The number of hydrogen-bond acceptors (Lipinski definition) is 4. The number of carbonyl (C=O) groups is 2. The number of imidazole rings is 1. The second-order valence-corrected chi connectivity index (χ2v) is 6.40. The highest BCUT2D eigenvalue weighted by atomic mass is 32.2. The molecular formula is C13H16N2O4S. The number of aromatic carboxylic acids is 1. The summed E-state index contributed by atoms with van der Waals surface area (Å²) in [5, 5.41) is 18.7. The average Bonchev–Trinajstić information content (AvgIpc) is 3.04. The lowest BCUT2D eigenvalue weighted by Gasteiger charge is -2.24. The molecule has 2 unspecified atom stereocenters. The predicted molar refractivity (Wildman–Crippen MR) is 73.5 cm³/mol. The predicted octanol–water partition coefficient (Wildman–Crippen LogP) is 1.76. The monoisotopic (exact) mass is 296 g/mol. The summed E-state index contributed by atoms with van der Waals surface area (Å²) in [4.78, 5) is 27.1. The van der Waals surface area contributed by atoms with Gasteiger partial charge >= 0.3 is 11.9 Å². The second kappa shape index (κ2) is 5.12. The van der Waals surface area contributed by atoms with Crippen LogP contribution in [0.4, 0.5) is 0 Å². The molecular weight excluding hydrogens is 280 g/mol. The minimum atomic E-state index is -1.13. The fourth-order valence-corrected chi connectivity index (χ4v) is 4.33. The van der Waals surface area contributed by atoms with Crippen LogP contribution in [-0.2, 0) is 11.3 Å². The molecule has 6 nitrogen and oxygen atoms in total. The molecule has 1 fully saturated rings. The average molecular weight is 296 g/mol. The lowest BCUT2D eigenvalue weighted by molar-refractivity contribution is -0.139. The third-order valence-corrected chi connectivity index (χ3v) is 5.20. The van der Waals surface area contributed by atoms with Crippen molar-refractivity contribution in [2.24, 2.45) is 0 Å². The lowest BCUT2D eigenvalue weighted by Crippen LogP contribution is -2.25. The molecule has 2 atom stereocenters. The summed E-state index contributed by atoms with van der Waals surface area (Å²) < 4.78 is 1.86. The molecule has 0 saturated carbocycles. The van der Waals surface area contributed by atoms with Crippen LogP contribution in [0.2, 0.25) is 0 Å². The molecule has 2 aliphatic heterocycles. The Labute approximate surface area is 120 Å². The van der Waals surface area contributed by atoms with Crippen LogP contribution in [0.3, 0.4) is 0 Å². The molecule has 1 saturated heterocycles. The van der Waals surface area contributed by atoms with Crippen molar-refractivity contribution in [2.75, 3.05) is 11.5 Å². The van der Waals surface area contributed by atoms with Crippen LogP contribution in [0, 0.1) is 0 Å². The lowest BCUT2D eigenvalue weighted by atomic mass is 9.94. The van der Waals surface area contributed by atoms with Gasteiger partial charge in [-0.3, -0.25) is 4.79 Å². The van der Waals surface area contributed by atoms with Crippen molar-refractivity contribution in [2.45, 2.75) is 37.6 Å². The number of rotatable bonds is 3. The Morgan fingerprint density at radius 3 is 2.70 bits per heavy atom. The zero-order valence-electron chi connectivity index (χ0n) is 10.9. The Morgan fingerprint density at radius 2 is 2.10 bits per heavy atom. The van der Waals surface area contributed by atoms with Crippen LogP contribution in [0.25, 0.3) is 0 Å². The van der Waals surface area contributed by atoms with E-state index in [1.807, 2.05) is 16.3 Å². The molecule has 1 aromatic rings. The quantitative estimate of drug-likeness (QED) is 0.883. The van der Waals surface area contributed by atoms with Gasteiger partial charge in [0.15, 0.2) is 5.69 Å². The molecule has 0 bridgehead atoms. The molecule has 0 spiro atoms. The van der Waals surface area contributed by atoms with Crippen molar-refractivity contribution in [3.63, 3.8) is 0 Å². The van der Waals surface area contributed by atoms with Crippen molar-refractivity contribution in [1.82, 2.24) is 9.55 Å². The van der Waals surface area contributed by atoms with Crippen molar-refractivity contribution in [3.05, 3.63) is 17.2 Å². The summed E-state index contributed by atoms with van der Waals surface area (Å²) in [5.41, 5.74) is 0.326. The highest BCUT2D eigenvalue weighted by Crippen LogP contribution is 2.38. The van der Waals surface area contributed by atoms with Gasteiger partial charge in [0.1, 0.15) is 5.82 Å². The Balaban J connectivity index is 2.12. The van der Waals surface area contributed by atoms with Crippen LogP contribution in [-0.4, -0.2) is 43.2 Å².